The molecule has 0 amide bonds. The van der Waals surface area contributed by atoms with E-state index in [1.165, 1.54) is 7.11 Å². The lowest BCUT2D eigenvalue weighted by Crippen LogP contribution is -2.40. The van der Waals surface area contributed by atoms with Crippen molar-refractivity contribution < 1.29 is 19.4 Å². The predicted octanol–water partition coefficient (Wildman–Crippen LogP) is 2.27. The number of carbonyl (C=O) groups excluding carboxylic acids is 1. The van der Waals surface area contributed by atoms with E-state index in [4.69, 9.17) is 0 Å². The third-order valence-electron chi connectivity index (χ3n) is 3.27. The van der Waals surface area contributed by atoms with Gasteiger partial charge in [-0.05, 0) is 24.8 Å². The van der Waals surface area contributed by atoms with Gasteiger partial charge in [-0.25, -0.2) is 0 Å². The molecule has 0 aliphatic carbocycles. The number of aryl methyl sites for hydroxylation is 1. The molecule has 0 bridgehead atoms. The molecule has 1 aromatic rings. The number of carbonyl (C=O) groups is 2. The summed E-state index contributed by atoms with van der Waals surface area (Å²) in [6, 6.07) is 9.51. The molecule has 0 saturated carbocycles. The molecule has 0 aliphatic rings. The van der Waals surface area contributed by atoms with Crippen molar-refractivity contribution in [2.24, 2.45) is 5.41 Å². The van der Waals surface area contributed by atoms with Gasteiger partial charge in [0.25, 0.3) is 0 Å². The highest BCUT2D eigenvalue weighted by Crippen LogP contribution is 2.30. The minimum atomic E-state index is -1.44. The first kappa shape index (κ1) is 14.2. The number of ether oxygens (including phenoxy) is 1. The van der Waals surface area contributed by atoms with E-state index in [0.29, 0.717) is 6.42 Å². The van der Waals surface area contributed by atoms with Crippen molar-refractivity contribution in [3.05, 3.63) is 35.9 Å². The lowest BCUT2D eigenvalue weighted by molar-refractivity contribution is -0.167. The molecule has 1 rings (SSSR count). The number of carboxylic acid groups (broad SMARTS) is 1. The van der Waals surface area contributed by atoms with E-state index in [9.17, 15) is 14.7 Å². The predicted molar refractivity (Wildman–Crippen MR) is 67.1 cm³/mol. The number of methoxy groups -OCH3 is 1. The molecule has 0 aliphatic heterocycles. The summed E-state index contributed by atoms with van der Waals surface area (Å²) in [5.74, 6) is -1.79. The summed E-state index contributed by atoms with van der Waals surface area (Å²) < 4.78 is 4.64. The van der Waals surface area contributed by atoms with Gasteiger partial charge in [-0.2, -0.15) is 0 Å². The van der Waals surface area contributed by atoms with Crippen LogP contribution in [0.25, 0.3) is 0 Å². The molecular weight excluding hydrogens is 232 g/mol. The summed E-state index contributed by atoms with van der Waals surface area (Å²) in [5, 5.41) is 9.30. The van der Waals surface area contributed by atoms with Gasteiger partial charge in [0.05, 0.1) is 7.11 Å². The normalized spacial score (nSPS) is 13.7. The number of hydrogen-bond donors (Lipinski definition) is 1. The molecule has 0 radical (unpaired) electrons. The lowest BCUT2D eigenvalue weighted by atomic mass is 9.79. The average molecular weight is 250 g/mol. The lowest BCUT2D eigenvalue weighted by Gasteiger charge is -2.25. The van der Waals surface area contributed by atoms with Crippen molar-refractivity contribution in [1.29, 1.82) is 0 Å². The number of aliphatic carboxylic acids is 1. The maximum Gasteiger partial charge on any atom is 0.323 e. The molecule has 1 unspecified atom stereocenters. The molecule has 0 aromatic heterocycles. The average Bonchev–Trinajstić information content (AvgIpc) is 2.40. The van der Waals surface area contributed by atoms with Crippen molar-refractivity contribution in [1.82, 2.24) is 0 Å². The molecule has 1 N–H and O–H groups in total. The smallest absolute Gasteiger partial charge is 0.323 e. The highest BCUT2D eigenvalue weighted by molar-refractivity contribution is 5.99. The topological polar surface area (TPSA) is 63.6 Å². The third kappa shape index (κ3) is 2.88. The van der Waals surface area contributed by atoms with Crippen molar-refractivity contribution in [3.63, 3.8) is 0 Å². The van der Waals surface area contributed by atoms with Gasteiger partial charge in [0.15, 0.2) is 5.41 Å². The minimum Gasteiger partial charge on any atom is -0.480 e. The monoisotopic (exact) mass is 250 g/mol. The molecule has 4 nitrogen and oxygen atoms in total. The fraction of sp³-hybridized carbons (Fsp3) is 0.429. The Balaban J connectivity index is 2.86. The summed E-state index contributed by atoms with van der Waals surface area (Å²) >= 11 is 0. The summed E-state index contributed by atoms with van der Waals surface area (Å²) in [4.78, 5) is 23.1. The number of hydrogen-bond acceptors (Lipinski definition) is 3. The van der Waals surface area contributed by atoms with Crippen LogP contribution in [0.2, 0.25) is 0 Å². The van der Waals surface area contributed by atoms with E-state index >= 15 is 0 Å². The summed E-state index contributed by atoms with van der Waals surface area (Å²) in [6.07, 6.45) is 1.01. The molecule has 98 valence electrons. The fourth-order valence-corrected chi connectivity index (χ4v) is 1.97. The Hall–Kier alpha value is -1.84. The molecule has 0 heterocycles. The Morgan fingerprint density at radius 2 is 1.89 bits per heavy atom. The second-order valence-corrected chi connectivity index (χ2v) is 4.22. The first-order chi connectivity index (χ1) is 8.56. The first-order valence-electron chi connectivity index (χ1n) is 5.92. The molecule has 1 aromatic carbocycles. The van der Waals surface area contributed by atoms with Crippen LogP contribution in [0.5, 0.6) is 0 Å². The van der Waals surface area contributed by atoms with E-state index in [0.717, 1.165) is 5.56 Å². The van der Waals surface area contributed by atoms with Gasteiger partial charge < -0.3 is 9.84 Å². The Kier molecular flexibility index (Phi) is 4.89. The Morgan fingerprint density at radius 1 is 1.28 bits per heavy atom. The van der Waals surface area contributed by atoms with Crippen LogP contribution in [0.1, 0.15) is 25.3 Å². The number of esters is 1. The summed E-state index contributed by atoms with van der Waals surface area (Å²) in [6.45, 7) is 1.69. The first-order valence-corrected chi connectivity index (χ1v) is 5.92. The number of rotatable bonds is 6. The van der Waals surface area contributed by atoms with E-state index in [1.54, 1.807) is 6.92 Å². The van der Waals surface area contributed by atoms with Gasteiger partial charge in [-0.15, -0.1) is 0 Å². The molecule has 4 heteroatoms. The zero-order valence-corrected chi connectivity index (χ0v) is 10.7. The largest absolute Gasteiger partial charge is 0.480 e. The minimum absolute atomic E-state index is 0.224. The van der Waals surface area contributed by atoms with E-state index in [2.05, 4.69) is 4.74 Å². The van der Waals surface area contributed by atoms with Gasteiger partial charge >= 0.3 is 11.9 Å². The van der Waals surface area contributed by atoms with Gasteiger partial charge in [-0.3, -0.25) is 9.59 Å². The quantitative estimate of drug-likeness (QED) is 0.621. The van der Waals surface area contributed by atoms with Crippen LogP contribution in [0.3, 0.4) is 0 Å². The molecule has 0 spiro atoms. The molecular formula is C14H18O4. The summed E-state index contributed by atoms with van der Waals surface area (Å²) in [5.41, 5.74) is -0.426. The van der Waals surface area contributed by atoms with Crippen LogP contribution in [0.15, 0.2) is 30.3 Å². The van der Waals surface area contributed by atoms with Crippen LogP contribution >= 0.6 is 0 Å². The van der Waals surface area contributed by atoms with Gasteiger partial charge in [0.2, 0.25) is 0 Å². The van der Waals surface area contributed by atoms with Crippen LogP contribution in [-0.4, -0.2) is 24.2 Å². The third-order valence-corrected chi connectivity index (χ3v) is 3.27. The van der Waals surface area contributed by atoms with E-state index < -0.39 is 17.4 Å². The molecule has 18 heavy (non-hydrogen) atoms. The van der Waals surface area contributed by atoms with Crippen LogP contribution in [-0.2, 0) is 20.7 Å². The Bertz CT molecular complexity index is 413. The number of benzene rings is 1. The molecule has 1 atom stereocenters. The zero-order valence-electron chi connectivity index (χ0n) is 10.7. The Morgan fingerprint density at radius 3 is 2.33 bits per heavy atom. The standard InChI is InChI=1S/C14H18O4/c1-3-14(12(15)16,13(17)18-2)10-9-11-7-5-4-6-8-11/h4-8H,3,9-10H2,1-2H3,(H,15,16). The van der Waals surface area contributed by atoms with Crippen LogP contribution < -0.4 is 0 Å². The molecule has 0 fully saturated rings. The van der Waals surface area contributed by atoms with E-state index in [-0.39, 0.29) is 12.8 Å². The van der Waals surface area contributed by atoms with Crippen LogP contribution in [0, 0.1) is 5.41 Å². The molecule has 0 saturated heterocycles. The Labute approximate surface area is 107 Å². The van der Waals surface area contributed by atoms with Gasteiger partial charge in [0.1, 0.15) is 0 Å². The maximum absolute atomic E-state index is 11.7. The maximum atomic E-state index is 11.7. The van der Waals surface area contributed by atoms with Gasteiger partial charge in [0, 0.05) is 0 Å². The fourth-order valence-electron chi connectivity index (χ4n) is 1.97. The van der Waals surface area contributed by atoms with Crippen molar-refractivity contribution in [2.75, 3.05) is 7.11 Å². The van der Waals surface area contributed by atoms with Gasteiger partial charge in [-0.1, -0.05) is 37.3 Å². The second kappa shape index (κ2) is 6.19. The SMILES string of the molecule is CCC(CCc1ccccc1)(C(=O)O)C(=O)OC. The van der Waals surface area contributed by atoms with E-state index in [1.807, 2.05) is 30.3 Å². The summed E-state index contributed by atoms with van der Waals surface area (Å²) in [7, 11) is 1.22. The van der Waals surface area contributed by atoms with Crippen molar-refractivity contribution in [2.45, 2.75) is 26.2 Å². The highest BCUT2D eigenvalue weighted by Gasteiger charge is 2.45. The van der Waals surface area contributed by atoms with Crippen molar-refractivity contribution in [3.8, 4) is 0 Å². The highest BCUT2D eigenvalue weighted by atomic mass is 16.5. The zero-order chi connectivity index (χ0) is 13.6. The second-order valence-electron chi connectivity index (χ2n) is 4.22. The number of carboxylic acids is 1. The van der Waals surface area contributed by atoms with Crippen molar-refractivity contribution >= 4 is 11.9 Å². The van der Waals surface area contributed by atoms with Crippen LogP contribution in [0.4, 0.5) is 0 Å².